The first-order chi connectivity index (χ1) is 11.2. The Morgan fingerprint density at radius 1 is 0.917 bits per heavy atom. The molecule has 0 heterocycles. The number of hydrogen-bond acceptors (Lipinski definition) is 4. The maximum absolute atomic E-state index is 12.0. The second-order valence-corrected chi connectivity index (χ2v) is 6.73. The highest BCUT2D eigenvalue weighted by Gasteiger charge is 2.08. The highest BCUT2D eigenvalue weighted by molar-refractivity contribution is 7.89. The lowest BCUT2D eigenvalue weighted by molar-refractivity contribution is -0.116. The van der Waals surface area contributed by atoms with Gasteiger partial charge in [0.15, 0.2) is 0 Å². The number of sulfonamides is 1. The molecule has 8 heteroatoms. The molecule has 2 aromatic carbocycles. The standard InChI is InChI=1S/C16H17N3O4S/c1-11(20)18-13-4-2-12(3-5-13)10-16(21)19-14-6-8-15(9-7-14)24(17,22)23/h2-9H,10H2,1H3,(H,18,20)(H,19,21)(H2,17,22,23). The third-order valence-corrected chi connectivity index (χ3v) is 4.03. The van der Waals surface area contributed by atoms with Gasteiger partial charge in [-0.25, -0.2) is 13.6 Å². The topological polar surface area (TPSA) is 118 Å². The Hall–Kier alpha value is -2.71. The number of rotatable bonds is 5. The zero-order valence-corrected chi connectivity index (χ0v) is 13.8. The fraction of sp³-hybridized carbons (Fsp3) is 0.125. The van der Waals surface area contributed by atoms with Crippen LogP contribution in [-0.4, -0.2) is 20.2 Å². The fourth-order valence-corrected chi connectivity index (χ4v) is 2.54. The van der Waals surface area contributed by atoms with Gasteiger partial charge in [0.2, 0.25) is 21.8 Å². The maximum atomic E-state index is 12.0. The van der Waals surface area contributed by atoms with Crippen LogP contribution in [0.5, 0.6) is 0 Å². The van der Waals surface area contributed by atoms with Crippen molar-refractivity contribution in [2.45, 2.75) is 18.2 Å². The predicted octanol–water partition coefficient (Wildman–Crippen LogP) is 1.47. The van der Waals surface area contributed by atoms with Crippen molar-refractivity contribution in [1.82, 2.24) is 0 Å². The first-order valence-electron chi connectivity index (χ1n) is 7.03. The van der Waals surface area contributed by atoms with Gasteiger partial charge in [0.05, 0.1) is 11.3 Å². The molecule has 126 valence electrons. The van der Waals surface area contributed by atoms with E-state index in [2.05, 4.69) is 10.6 Å². The van der Waals surface area contributed by atoms with Crippen LogP contribution in [0.3, 0.4) is 0 Å². The molecule has 0 spiro atoms. The van der Waals surface area contributed by atoms with Crippen LogP contribution in [0.4, 0.5) is 11.4 Å². The molecule has 4 N–H and O–H groups in total. The number of amides is 2. The van der Waals surface area contributed by atoms with Gasteiger partial charge < -0.3 is 10.6 Å². The molecule has 7 nitrogen and oxygen atoms in total. The largest absolute Gasteiger partial charge is 0.326 e. The van der Waals surface area contributed by atoms with Gasteiger partial charge in [0, 0.05) is 18.3 Å². The van der Waals surface area contributed by atoms with Gasteiger partial charge in [-0.05, 0) is 42.0 Å². The van der Waals surface area contributed by atoms with Crippen molar-refractivity contribution in [2.24, 2.45) is 5.14 Å². The van der Waals surface area contributed by atoms with Gasteiger partial charge in [-0.1, -0.05) is 12.1 Å². The van der Waals surface area contributed by atoms with Crippen LogP contribution >= 0.6 is 0 Å². The molecule has 0 atom stereocenters. The number of hydrogen-bond donors (Lipinski definition) is 3. The van der Waals surface area contributed by atoms with Crippen LogP contribution in [0, 0.1) is 0 Å². The first-order valence-corrected chi connectivity index (χ1v) is 8.58. The summed E-state index contributed by atoms with van der Waals surface area (Å²) in [4.78, 5) is 22.9. The number of primary sulfonamides is 1. The third-order valence-electron chi connectivity index (χ3n) is 3.11. The smallest absolute Gasteiger partial charge is 0.238 e. The SMILES string of the molecule is CC(=O)Nc1ccc(CC(=O)Nc2ccc(S(N)(=O)=O)cc2)cc1. The van der Waals surface area contributed by atoms with Gasteiger partial charge in [-0.15, -0.1) is 0 Å². The summed E-state index contributed by atoms with van der Waals surface area (Å²) in [5, 5.41) is 10.3. The van der Waals surface area contributed by atoms with Crippen molar-refractivity contribution >= 4 is 33.2 Å². The monoisotopic (exact) mass is 347 g/mol. The Kier molecular flexibility index (Phi) is 5.32. The molecule has 0 radical (unpaired) electrons. The highest BCUT2D eigenvalue weighted by atomic mass is 32.2. The molecule has 2 aromatic rings. The molecule has 0 saturated carbocycles. The van der Waals surface area contributed by atoms with Crippen LogP contribution in [-0.2, 0) is 26.0 Å². The molecular weight excluding hydrogens is 330 g/mol. The van der Waals surface area contributed by atoms with Crippen LogP contribution in [0.2, 0.25) is 0 Å². The molecule has 0 saturated heterocycles. The predicted molar refractivity (Wildman–Crippen MR) is 90.9 cm³/mol. The normalized spacial score (nSPS) is 10.9. The zero-order valence-electron chi connectivity index (χ0n) is 12.9. The third kappa shape index (κ3) is 5.18. The van der Waals surface area contributed by atoms with E-state index in [4.69, 9.17) is 5.14 Å². The van der Waals surface area contributed by atoms with E-state index in [9.17, 15) is 18.0 Å². The summed E-state index contributed by atoms with van der Waals surface area (Å²) in [5.41, 5.74) is 1.91. The number of benzene rings is 2. The van der Waals surface area contributed by atoms with E-state index < -0.39 is 10.0 Å². The van der Waals surface area contributed by atoms with Crippen LogP contribution in [0.15, 0.2) is 53.4 Å². The minimum absolute atomic E-state index is 0.0194. The van der Waals surface area contributed by atoms with Crippen molar-refractivity contribution in [2.75, 3.05) is 10.6 Å². The average molecular weight is 347 g/mol. The Morgan fingerprint density at radius 3 is 1.92 bits per heavy atom. The minimum Gasteiger partial charge on any atom is -0.326 e. The van der Waals surface area contributed by atoms with E-state index in [0.717, 1.165) is 5.56 Å². The van der Waals surface area contributed by atoms with Gasteiger partial charge in [-0.3, -0.25) is 9.59 Å². The van der Waals surface area contributed by atoms with E-state index >= 15 is 0 Å². The maximum Gasteiger partial charge on any atom is 0.238 e. The number of nitrogens with two attached hydrogens (primary N) is 1. The molecule has 0 aliphatic heterocycles. The van der Waals surface area contributed by atoms with E-state index in [0.29, 0.717) is 11.4 Å². The van der Waals surface area contributed by atoms with Crippen molar-refractivity contribution in [3.8, 4) is 0 Å². The van der Waals surface area contributed by atoms with Crippen LogP contribution < -0.4 is 15.8 Å². The molecule has 0 aliphatic rings. The van der Waals surface area contributed by atoms with Crippen molar-refractivity contribution in [3.05, 3.63) is 54.1 Å². The molecule has 0 aromatic heterocycles. The second kappa shape index (κ2) is 7.24. The number of carbonyl (C=O) groups is 2. The second-order valence-electron chi connectivity index (χ2n) is 5.17. The molecule has 0 aliphatic carbocycles. The van der Waals surface area contributed by atoms with Crippen LogP contribution in [0.25, 0.3) is 0 Å². The molecular formula is C16H17N3O4S. The van der Waals surface area contributed by atoms with E-state index in [1.165, 1.54) is 31.2 Å². The lowest BCUT2D eigenvalue weighted by atomic mass is 10.1. The Labute approximate surface area is 139 Å². The summed E-state index contributed by atoms with van der Waals surface area (Å²) in [6.07, 6.45) is 0.150. The van der Waals surface area contributed by atoms with E-state index in [1.54, 1.807) is 24.3 Å². The summed E-state index contributed by atoms with van der Waals surface area (Å²) in [7, 11) is -3.75. The van der Waals surface area contributed by atoms with Gasteiger partial charge in [0.25, 0.3) is 0 Å². The zero-order chi connectivity index (χ0) is 17.7. The van der Waals surface area contributed by atoms with Gasteiger partial charge >= 0.3 is 0 Å². The summed E-state index contributed by atoms with van der Waals surface area (Å²) in [5.74, 6) is -0.408. The summed E-state index contributed by atoms with van der Waals surface area (Å²) in [6, 6.07) is 12.5. The lowest BCUT2D eigenvalue weighted by Crippen LogP contribution is -2.15. The Balaban J connectivity index is 1.96. The molecule has 0 fully saturated rings. The molecule has 2 rings (SSSR count). The lowest BCUT2D eigenvalue weighted by Gasteiger charge is -2.07. The highest BCUT2D eigenvalue weighted by Crippen LogP contribution is 2.14. The molecule has 0 bridgehead atoms. The van der Waals surface area contributed by atoms with Crippen LogP contribution in [0.1, 0.15) is 12.5 Å². The summed E-state index contributed by atoms with van der Waals surface area (Å²) < 4.78 is 22.3. The van der Waals surface area contributed by atoms with E-state index in [1.807, 2.05) is 0 Å². The first kappa shape index (κ1) is 17.6. The quantitative estimate of drug-likeness (QED) is 0.759. The molecule has 24 heavy (non-hydrogen) atoms. The Morgan fingerprint density at radius 2 is 1.42 bits per heavy atom. The van der Waals surface area contributed by atoms with E-state index in [-0.39, 0.29) is 23.1 Å². The van der Waals surface area contributed by atoms with Crippen molar-refractivity contribution in [3.63, 3.8) is 0 Å². The number of nitrogens with one attached hydrogen (secondary N) is 2. The van der Waals surface area contributed by atoms with Crippen molar-refractivity contribution < 1.29 is 18.0 Å². The van der Waals surface area contributed by atoms with Gasteiger partial charge in [0.1, 0.15) is 0 Å². The minimum atomic E-state index is -3.75. The Bertz CT molecular complexity index is 844. The number of carbonyl (C=O) groups excluding carboxylic acids is 2. The van der Waals surface area contributed by atoms with Gasteiger partial charge in [-0.2, -0.15) is 0 Å². The van der Waals surface area contributed by atoms with Crippen molar-refractivity contribution in [1.29, 1.82) is 0 Å². The fourth-order valence-electron chi connectivity index (χ4n) is 2.03. The summed E-state index contributed by atoms with van der Waals surface area (Å²) in [6.45, 7) is 1.42. The summed E-state index contributed by atoms with van der Waals surface area (Å²) >= 11 is 0. The molecule has 2 amide bonds. The number of anilines is 2. The molecule has 0 unspecified atom stereocenters. The average Bonchev–Trinajstić information content (AvgIpc) is 2.48.